The standard InChI is InChI=1S/C14H26N2O.ClH/c1-2-4-14-13(3-1)16(9-10-17-14)11-12-5-7-15-8-6-12;/h12-15H,1-11H2;1H. The number of nitrogens with one attached hydrogen (secondary N) is 1. The highest BCUT2D eigenvalue weighted by molar-refractivity contribution is 5.85. The summed E-state index contributed by atoms with van der Waals surface area (Å²) in [7, 11) is 0. The minimum atomic E-state index is 0. The average Bonchev–Trinajstić information content (AvgIpc) is 2.40. The highest BCUT2D eigenvalue weighted by Gasteiger charge is 2.34. The van der Waals surface area contributed by atoms with Gasteiger partial charge in [-0.25, -0.2) is 0 Å². The number of ether oxygens (including phenoxy) is 1. The molecule has 0 aromatic heterocycles. The van der Waals surface area contributed by atoms with Crippen LogP contribution in [0.2, 0.25) is 0 Å². The number of nitrogens with zero attached hydrogens (tertiary/aromatic N) is 1. The molecule has 3 rings (SSSR count). The molecule has 1 N–H and O–H groups in total. The molecule has 0 spiro atoms. The number of hydrogen-bond donors (Lipinski definition) is 1. The van der Waals surface area contributed by atoms with E-state index in [2.05, 4.69) is 10.2 Å². The van der Waals surface area contributed by atoms with Crippen LogP contribution in [0.15, 0.2) is 0 Å². The maximum Gasteiger partial charge on any atom is 0.0730 e. The van der Waals surface area contributed by atoms with E-state index in [9.17, 15) is 0 Å². The Labute approximate surface area is 117 Å². The first-order valence-electron chi connectivity index (χ1n) is 7.50. The fourth-order valence-corrected chi connectivity index (χ4v) is 3.80. The molecule has 2 aliphatic heterocycles. The van der Waals surface area contributed by atoms with Gasteiger partial charge in [-0.15, -0.1) is 12.4 Å². The highest BCUT2D eigenvalue weighted by atomic mass is 35.5. The Kier molecular flexibility index (Phi) is 5.74. The Balaban J connectivity index is 0.00000120. The molecular formula is C14H27ClN2O. The molecule has 0 bridgehead atoms. The van der Waals surface area contributed by atoms with E-state index in [0.29, 0.717) is 6.10 Å². The minimum Gasteiger partial charge on any atom is -0.375 e. The molecule has 1 aliphatic carbocycles. The van der Waals surface area contributed by atoms with Crippen molar-refractivity contribution >= 4 is 12.4 Å². The molecule has 3 aliphatic rings. The second-order valence-corrected chi connectivity index (χ2v) is 5.95. The van der Waals surface area contributed by atoms with Gasteiger partial charge in [-0.2, -0.15) is 0 Å². The van der Waals surface area contributed by atoms with Crippen LogP contribution in [0.4, 0.5) is 0 Å². The Morgan fingerprint density at radius 2 is 1.83 bits per heavy atom. The minimum absolute atomic E-state index is 0. The van der Waals surface area contributed by atoms with Crippen LogP contribution in [0.3, 0.4) is 0 Å². The van der Waals surface area contributed by atoms with Crippen LogP contribution in [-0.4, -0.2) is 49.8 Å². The smallest absolute Gasteiger partial charge is 0.0730 e. The lowest BCUT2D eigenvalue weighted by atomic mass is 9.88. The molecule has 2 heterocycles. The molecule has 106 valence electrons. The van der Waals surface area contributed by atoms with Crippen molar-refractivity contribution in [2.45, 2.75) is 50.7 Å². The zero-order valence-corrected chi connectivity index (χ0v) is 12.1. The quantitative estimate of drug-likeness (QED) is 0.834. The fraction of sp³-hybridized carbons (Fsp3) is 1.00. The molecule has 0 radical (unpaired) electrons. The maximum atomic E-state index is 5.95. The topological polar surface area (TPSA) is 24.5 Å². The number of piperidine rings is 1. The normalized spacial score (nSPS) is 34.7. The summed E-state index contributed by atoms with van der Waals surface area (Å²) in [6.45, 7) is 5.91. The summed E-state index contributed by atoms with van der Waals surface area (Å²) in [4.78, 5) is 2.75. The first kappa shape index (κ1) is 14.6. The molecule has 1 saturated carbocycles. The third kappa shape index (κ3) is 3.38. The van der Waals surface area contributed by atoms with E-state index in [0.717, 1.165) is 18.6 Å². The fourth-order valence-electron chi connectivity index (χ4n) is 3.80. The van der Waals surface area contributed by atoms with E-state index in [-0.39, 0.29) is 12.4 Å². The molecule has 3 nitrogen and oxygen atoms in total. The Morgan fingerprint density at radius 3 is 2.67 bits per heavy atom. The van der Waals surface area contributed by atoms with E-state index in [4.69, 9.17) is 4.74 Å². The van der Waals surface area contributed by atoms with Crippen LogP contribution < -0.4 is 5.32 Å². The van der Waals surface area contributed by atoms with Crippen molar-refractivity contribution in [2.24, 2.45) is 5.92 Å². The number of fused-ring (bicyclic) bond motifs is 1. The first-order chi connectivity index (χ1) is 8.43. The van der Waals surface area contributed by atoms with Gasteiger partial charge in [0, 0.05) is 19.1 Å². The van der Waals surface area contributed by atoms with E-state index in [1.54, 1.807) is 0 Å². The third-order valence-electron chi connectivity index (χ3n) is 4.80. The molecule has 18 heavy (non-hydrogen) atoms. The van der Waals surface area contributed by atoms with E-state index in [1.807, 2.05) is 0 Å². The van der Waals surface area contributed by atoms with Crippen molar-refractivity contribution in [3.63, 3.8) is 0 Å². The van der Waals surface area contributed by atoms with Crippen molar-refractivity contribution in [1.29, 1.82) is 0 Å². The summed E-state index contributed by atoms with van der Waals surface area (Å²) in [6.07, 6.45) is 8.75. The molecule has 0 amide bonds. The van der Waals surface area contributed by atoms with Gasteiger partial charge in [0.05, 0.1) is 12.7 Å². The van der Waals surface area contributed by atoms with Crippen LogP contribution in [-0.2, 0) is 4.74 Å². The molecule has 4 heteroatoms. The molecular weight excluding hydrogens is 248 g/mol. The molecule has 0 aromatic rings. The summed E-state index contributed by atoms with van der Waals surface area (Å²) in [6, 6.07) is 0.743. The largest absolute Gasteiger partial charge is 0.375 e. The number of morpholine rings is 1. The van der Waals surface area contributed by atoms with E-state index in [1.165, 1.54) is 64.7 Å². The maximum absolute atomic E-state index is 5.95. The zero-order chi connectivity index (χ0) is 11.5. The molecule has 3 fully saturated rings. The summed E-state index contributed by atoms with van der Waals surface area (Å²) < 4.78 is 5.95. The van der Waals surface area contributed by atoms with Gasteiger partial charge in [0.1, 0.15) is 0 Å². The van der Waals surface area contributed by atoms with Gasteiger partial charge < -0.3 is 10.1 Å². The average molecular weight is 275 g/mol. The molecule has 0 aromatic carbocycles. The zero-order valence-electron chi connectivity index (χ0n) is 11.3. The summed E-state index contributed by atoms with van der Waals surface area (Å²) >= 11 is 0. The van der Waals surface area contributed by atoms with Crippen LogP contribution in [0.25, 0.3) is 0 Å². The lowest BCUT2D eigenvalue weighted by Crippen LogP contribution is -2.54. The van der Waals surface area contributed by atoms with Crippen molar-refractivity contribution in [1.82, 2.24) is 10.2 Å². The van der Waals surface area contributed by atoms with E-state index >= 15 is 0 Å². The van der Waals surface area contributed by atoms with Crippen LogP contribution in [0.5, 0.6) is 0 Å². The third-order valence-corrected chi connectivity index (χ3v) is 4.80. The Morgan fingerprint density at radius 1 is 1.06 bits per heavy atom. The van der Waals surface area contributed by atoms with Crippen molar-refractivity contribution in [3.05, 3.63) is 0 Å². The monoisotopic (exact) mass is 274 g/mol. The van der Waals surface area contributed by atoms with Gasteiger partial charge in [0.15, 0.2) is 0 Å². The molecule has 2 atom stereocenters. The summed E-state index contributed by atoms with van der Waals surface area (Å²) in [5.74, 6) is 0.928. The van der Waals surface area contributed by atoms with Crippen LogP contribution in [0.1, 0.15) is 38.5 Å². The second kappa shape index (κ2) is 7.09. The number of hydrogen-bond acceptors (Lipinski definition) is 3. The van der Waals surface area contributed by atoms with Crippen molar-refractivity contribution in [3.8, 4) is 0 Å². The van der Waals surface area contributed by atoms with Crippen LogP contribution in [0, 0.1) is 5.92 Å². The predicted octanol–water partition coefficient (Wildman–Crippen LogP) is 2.05. The number of halogens is 1. The highest BCUT2D eigenvalue weighted by Crippen LogP contribution is 2.29. The van der Waals surface area contributed by atoms with Crippen LogP contribution >= 0.6 is 12.4 Å². The first-order valence-corrected chi connectivity index (χ1v) is 7.50. The van der Waals surface area contributed by atoms with Gasteiger partial charge in [-0.1, -0.05) is 12.8 Å². The lowest BCUT2D eigenvalue weighted by molar-refractivity contribution is -0.0928. The van der Waals surface area contributed by atoms with Crippen molar-refractivity contribution in [2.75, 3.05) is 32.8 Å². The second-order valence-electron chi connectivity index (χ2n) is 5.95. The Hall–Kier alpha value is 0.170. The predicted molar refractivity (Wildman–Crippen MR) is 76.4 cm³/mol. The Bertz CT molecular complexity index is 244. The molecule has 2 unspecified atom stereocenters. The molecule has 2 saturated heterocycles. The summed E-state index contributed by atoms with van der Waals surface area (Å²) in [5.41, 5.74) is 0. The number of rotatable bonds is 2. The summed E-state index contributed by atoms with van der Waals surface area (Å²) in [5, 5.41) is 3.47. The van der Waals surface area contributed by atoms with Gasteiger partial charge in [-0.05, 0) is 44.7 Å². The van der Waals surface area contributed by atoms with Gasteiger partial charge >= 0.3 is 0 Å². The van der Waals surface area contributed by atoms with Crippen molar-refractivity contribution < 1.29 is 4.74 Å². The van der Waals surface area contributed by atoms with Gasteiger partial charge in [0.2, 0.25) is 0 Å². The van der Waals surface area contributed by atoms with Gasteiger partial charge in [0.25, 0.3) is 0 Å². The van der Waals surface area contributed by atoms with Gasteiger partial charge in [-0.3, -0.25) is 4.90 Å². The lowest BCUT2D eigenvalue weighted by Gasteiger charge is -2.45. The SMILES string of the molecule is C1CCC2C(C1)OCCN2CC1CCNCC1.Cl. The van der Waals surface area contributed by atoms with E-state index < -0.39 is 0 Å².